The summed E-state index contributed by atoms with van der Waals surface area (Å²) in [5.74, 6) is 2.09. The molecule has 2 unspecified atom stereocenters. The molecule has 168 valence electrons. The molecule has 1 aromatic rings. The third-order valence-corrected chi connectivity index (χ3v) is 7.12. The number of pyridine rings is 1. The summed E-state index contributed by atoms with van der Waals surface area (Å²) in [6.45, 7) is 9.99. The molecule has 0 radical (unpaired) electrons. The Morgan fingerprint density at radius 1 is 1.23 bits per heavy atom. The first-order valence-corrected chi connectivity index (χ1v) is 11.5. The molecule has 7 heteroatoms. The second-order valence-electron chi connectivity index (χ2n) is 8.89. The fourth-order valence-corrected chi connectivity index (χ4v) is 5.19. The molecule has 2 atom stereocenters. The van der Waals surface area contributed by atoms with Gasteiger partial charge in [-0.3, -0.25) is 4.99 Å². The number of hydrogen-bond donors (Lipinski definition) is 2. The van der Waals surface area contributed by atoms with E-state index in [0.29, 0.717) is 23.6 Å². The van der Waals surface area contributed by atoms with Gasteiger partial charge in [-0.25, -0.2) is 4.98 Å². The van der Waals surface area contributed by atoms with Gasteiger partial charge in [0.2, 0.25) is 0 Å². The maximum absolute atomic E-state index is 6.01. The standard InChI is InChI=1S/C23H37N5O.HI/c1-4-24-22(27-19-15-20(29-5-2)23(19)11-6-12-23)26-18-9-13-28(14-10-18)21-8-7-17(3)16-25-21;/h7-8,16,18-20H,4-6,9-15H2,1-3H3,(H2,24,26,27);1H. The lowest BCUT2D eigenvalue weighted by molar-refractivity contribution is -0.168. The summed E-state index contributed by atoms with van der Waals surface area (Å²) < 4.78 is 6.01. The number of nitrogens with one attached hydrogen (secondary N) is 2. The third kappa shape index (κ3) is 4.87. The average molecular weight is 527 g/mol. The number of halogens is 1. The molecule has 2 heterocycles. The van der Waals surface area contributed by atoms with Crippen LogP contribution in [0.3, 0.4) is 0 Å². The van der Waals surface area contributed by atoms with Crippen LogP contribution in [0.1, 0.15) is 57.9 Å². The van der Waals surface area contributed by atoms with Gasteiger partial charge in [-0.15, -0.1) is 24.0 Å². The van der Waals surface area contributed by atoms with Crippen LogP contribution in [-0.4, -0.2) is 55.4 Å². The SMILES string of the molecule is CCN=C(NC1CCN(c2ccc(C)cn2)CC1)NC1CC(OCC)C12CCC2.I. The van der Waals surface area contributed by atoms with E-state index in [2.05, 4.69) is 53.4 Å². The van der Waals surface area contributed by atoms with Crippen LogP contribution in [-0.2, 0) is 4.74 Å². The molecule has 0 amide bonds. The van der Waals surface area contributed by atoms with E-state index in [1.54, 1.807) is 0 Å². The predicted molar refractivity (Wildman–Crippen MR) is 134 cm³/mol. The fourth-order valence-electron chi connectivity index (χ4n) is 5.19. The first-order valence-electron chi connectivity index (χ1n) is 11.5. The highest BCUT2D eigenvalue weighted by Gasteiger charge is 2.59. The molecular formula is C23H38IN5O. The molecule has 1 saturated heterocycles. The summed E-state index contributed by atoms with van der Waals surface area (Å²) in [4.78, 5) is 11.7. The monoisotopic (exact) mass is 527 g/mol. The number of anilines is 1. The highest BCUT2D eigenvalue weighted by Crippen LogP contribution is 2.57. The number of ether oxygens (including phenoxy) is 1. The Hall–Kier alpha value is -1.09. The zero-order valence-corrected chi connectivity index (χ0v) is 21.0. The van der Waals surface area contributed by atoms with Gasteiger partial charge in [0.15, 0.2) is 5.96 Å². The van der Waals surface area contributed by atoms with Crippen molar-refractivity contribution in [3.8, 4) is 0 Å². The summed E-state index contributed by atoms with van der Waals surface area (Å²) >= 11 is 0. The van der Waals surface area contributed by atoms with Gasteiger partial charge in [0.05, 0.1) is 6.10 Å². The topological polar surface area (TPSA) is 61.8 Å². The van der Waals surface area contributed by atoms with Crippen LogP contribution in [0, 0.1) is 12.3 Å². The lowest BCUT2D eigenvalue weighted by atomic mass is 9.51. The minimum absolute atomic E-state index is 0. The molecule has 6 nitrogen and oxygen atoms in total. The first-order chi connectivity index (χ1) is 14.1. The van der Waals surface area contributed by atoms with Crippen LogP contribution in [0.2, 0.25) is 0 Å². The van der Waals surface area contributed by atoms with E-state index in [1.165, 1.54) is 24.8 Å². The smallest absolute Gasteiger partial charge is 0.191 e. The van der Waals surface area contributed by atoms with Crippen molar-refractivity contribution in [2.24, 2.45) is 10.4 Å². The number of nitrogens with zero attached hydrogens (tertiary/aromatic N) is 3. The van der Waals surface area contributed by atoms with E-state index < -0.39 is 0 Å². The molecule has 1 aromatic heterocycles. The van der Waals surface area contributed by atoms with Crippen molar-refractivity contribution in [1.82, 2.24) is 15.6 Å². The average Bonchev–Trinajstić information content (AvgIpc) is 2.67. The number of aliphatic imine (C=N–C) groups is 1. The highest BCUT2D eigenvalue weighted by atomic mass is 127. The second kappa shape index (κ2) is 10.5. The minimum Gasteiger partial charge on any atom is -0.378 e. The third-order valence-electron chi connectivity index (χ3n) is 7.12. The summed E-state index contributed by atoms with van der Waals surface area (Å²) in [6.07, 6.45) is 9.63. The van der Waals surface area contributed by atoms with Crippen molar-refractivity contribution < 1.29 is 4.74 Å². The number of piperidine rings is 1. The Bertz CT molecular complexity index is 698. The zero-order chi connectivity index (χ0) is 20.3. The molecule has 3 aliphatic rings. The van der Waals surface area contributed by atoms with Crippen LogP contribution in [0.25, 0.3) is 0 Å². The molecule has 0 bridgehead atoms. The summed E-state index contributed by atoms with van der Waals surface area (Å²) in [5, 5.41) is 7.49. The maximum Gasteiger partial charge on any atom is 0.191 e. The predicted octanol–water partition coefficient (Wildman–Crippen LogP) is 3.88. The van der Waals surface area contributed by atoms with Crippen molar-refractivity contribution in [3.05, 3.63) is 23.9 Å². The molecule has 2 saturated carbocycles. The summed E-state index contributed by atoms with van der Waals surface area (Å²) in [5.41, 5.74) is 1.57. The Labute approximate surface area is 198 Å². The minimum atomic E-state index is 0. The molecule has 4 rings (SSSR count). The molecule has 1 aliphatic heterocycles. The van der Waals surface area contributed by atoms with Gasteiger partial charge >= 0.3 is 0 Å². The lowest BCUT2D eigenvalue weighted by Gasteiger charge is -2.61. The van der Waals surface area contributed by atoms with Gasteiger partial charge in [0, 0.05) is 49.9 Å². The fraction of sp³-hybridized carbons (Fsp3) is 0.739. The van der Waals surface area contributed by atoms with Crippen molar-refractivity contribution in [2.75, 3.05) is 31.1 Å². The van der Waals surface area contributed by atoms with Crippen LogP contribution in [0.4, 0.5) is 5.82 Å². The van der Waals surface area contributed by atoms with E-state index in [-0.39, 0.29) is 24.0 Å². The van der Waals surface area contributed by atoms with Crippen LogP contribution < -0.4 is 15.5 Å². The van der Waals surface area contributed by atoms with E-state index in [9.17, 15) is 0 Å². The van der Waals surface area contributed by atoms with Crippen molar-refractivity contribution in [2.45, 2.75) is 77.5 Å². The highest BCUT2D eigenvalue weighted by molar-refractivity contribution is 14.0. The molecule has 3 fully saturated rings. The Morgan fingerprint density at radius 3 is 2.57 bits per heavy atom. The largest absolute Gasteiger partial charge is 0.378 e. The molecule has 0 aromatic carbocycles. The first kappa shape index (κ1) is 23.6. The quantitative estimate of drug-likeness (QED) is 0.334. The van der Waals surface area contributed by atoms with Gasteiger partial charge in [0.1, 0.15) is 5.82 Å². The molecular weight excluding hydrogens is 489 g/mol. The molecule has 2 aliphatic carbocycles. The molecule has 1 spiro atoms. The number of guanidine groups is 1. The van der Waals surface area contributed by atoms with Gasteiger partial charge in [-0.1, -0.05) is 12.5 Å². The van der Waals surface area contributed by atoms with Gasteiger partial charge in [-0.05, 0) is 64.5 Å². The van der Waals surface area contributed by atoms with Crippen LogP contribution in [0.15, 0.2) is 23.3 Å². The summed E-state index contributed by atoms with van der Waals surface area (Å²) in [7, 11) is 0. The molecule has 2 N–H and O–H groups in total. The second-order valence-corrected chi connectivity index (χ2v) is 8.89. The van der Waals surface area contributed by atoms with E-state index in [0.717, 1.165) is 57.3 Å². The van der Waals surface area contributed by atoms with Crippen molar-refractivity contribution >= 4 is 35.8 Å². The normalized spacial score (nSPS) is 25.8. The Kier molecular flexibility index (Phi) is 8.24. The Balaban J connectivity index is 0.00000256. The number of aromatic nitrogens is 1. The van der Waals surface area contributed by atoms with Crippen molar-refractivity contribution in [3.63, 3.8) is 0 Å². The van der Waals surface area contributed by atoms with Gasteiger partial charge < -0.3 is 20.3 Å². The maximum atomic E-state index is 6.01. The van der Waals surface area contributed by atoms with E-state index >= 15 is 0 Å². The molecule has 30 heavy (non-hydrogen) atoms. The van der Waals surface area contributed by atoms with Crippen LogP contribution >= 0.6 is 24.0 Å². The summed E-state index contributed by atoms with van der Waals surface area (Å²) in [6, 6.07) is 5.25. The van der Waals surface area contributed by atoms with E-state index in [4.69, 9.17) is 9.73 Å². The van der Waals surface area contributed by atoms with Gasteiger partial charge in [-0.2, -0.15) is 0 Å². The number of aryl methyl sites for hydroxylation is 1. The Morgan fingerprint density at radius 2 is 2.00 bits per heavy atom. The zero-order valence-electron chi connectivity index (χ0n) is 18.7. The number of rotatable bonds is 6. The van der Waals surface area contributed by atoms with E-state index in [1.807, 2.05) is 6.20 Å². The lowest BCUT2D eigenvalue weighted by Crippen LogP contribution is -2.69. The van der Waals surface area contributed by atoms with Crippen molar-refractivity contribution in [1.29, 1.82) is 0 Å². The van der Waals surface area contributed by atoms with Crippen LogP contribution in [0.5, 0.6) is 0 Å². The van der Waals surface area contributed by atoms with Gasteiger partial charge in [0.25, 0.3) is 0 Å². The number of hydrogen-bond acceptors (Lipinski definition) is 4.